The van der Waals surface area contributed by atoms with Gasteiger partial charge in [-0.3, -0.25) is 0 Å². The molecule has 0 saturated carbocycles. The van der Waals surface area contributed by atoms with Crippen molar-refractivity contribution >= 4 is 12.1 Å². The maximum absolute atomic E-state index is 11.4. The molecule has 0 aromatic rings. The van der Waals surface area contributed by atoms with Gasteiger partial charge in [0.15, 0.2) is 0 Å². The molecule has 0 aliphatic carbocycles. The van der Waals surface area contributed by atoms with Crippen molar-refractivity contribution in [2.75, 3.05) is 0 Å². The van der Waals surface area contributed by atoms with Crippen molar-refractivity contribution in [1.82, 2.24) is 0 Å². The minimum absolute atomic E-state index is 0.107. The van der Waals surface area contributed by atoms with Crippen LogP contribution in [0.15, 0.2) is 12.2 Å². The Balaban J connectivity index is 4.25. The average Bonchev–Trinajstić information content (AvgIpc) is 2.42. The molecule has 0 N–H and O–H groups in total. The summed E-state index contributed by atoms with van der Waals surface area (Å²) in [5, 5.41) is 0. The van der Waals surface area contributed by atoms with Gasteiger partial charge in [0.2, 0.25) is 0 Å². The number of rotatable bonds is 8. The number of hydrogen-bond acceptors (Lipinski definition) is 7. The molecule has 0 aromatic heterocycles. The normalized spacial score (nSPS) is 13.2. The molecule has 0 aliphatic heterocycles. The van der Waals surface area contributed by atoms with Gasteiger partial charge < -0.3 is 4.74 Å². The molecule has 0 fully saturated rings. The van der Waals surface area contributed by atoms with Crippen LogP contribution in [0.25, 0.3) is 0 Å². The van der Waals surface area contributed by atoms with Crippen molar-refractivity contribution in [3.63, 3.8) is 0 Å². The Hall–Kier alpha value is -1.60. The molecule has 0 amide bonds. The molecule has 0 spiro atoms. The van der Waals surface area contributed by atoms with Crippen LogP contribution in [0.2, 0.25) is 0 Å². The molecule has 7 nitrogen and oxygen atoms in total. The predicted molar refractivity (Wildman–Crippen MR) is 83.2 cm³/mol. The van der Waals surface area contributed by atoms with Crippen molar-refractivity contribution in [2.45, 2.75) is 78.6 Å². The Labute approximate surface area is 137 Å². The third-order valence-electron chi connectivity index (χ3n) is 2.95. The van der Waals surface area contributed by atoms with Gasteiger partial charge in [-0.15, -0.1) is 0 Å². The SMILES string of the molecule is C=C(C)C(=O)OOC(=O)OC(C)CC(C)(C)OOC(C)(C)CC. The highest BCUT2D eigenvalue weighted by molar-refractivity contribution is 5.86. The topological polar surface area (TPSA) is 80.3 Å². The van der Waals surface area contributed by atoms with E-state index in [9.17, 15) is 9.59 Å². The highest BCUT2D eigenvalue weighted by atomic mass is 17.2. The summed E-state index contributed by atoms with van der Waals surface area (Å²) in [7, 11) is 0. The largest absolute Gasteiger partial charge is 0.550 e. The maximum atomic E-state index is 11.4. The molecule has 0 heterocycles. The summed E-state index contributed by atoms with van der Waals surface area (Å²) in [5.41, 5.74) is -0.978. The third-order valence-corrected chi connectivity index (χ3v) is 2.95. The van der Waals surface area contributed by atoms with Gasteiger partial charge in [-0.25, -0.2) is 24.3 Å². The number of hydrogen-bond donors (Lipinski definition) is 0. The number of ether oxygens (including phenoxy) is 1. The lowest BCUT2D eigenvalue weighted by Crippen LogP contribution is -2.35. The van der Waals surface area contributed by atoms with Gasteiger partial charge in [0.25, 0.3) is 0 Å². The Morgan fingerprint density at radius 2 is 1.57 bits per heavy atom. The summed E-state index contributed by atoms with van der Waals surface area (Å²) < 4.78 is 4.97. The molecule has 7 heteroatoms. The molecule has 1 atom stereocenters. The first-order chi connectivity index (χ1) is 10.4. The van der Waals surface area contributed by atoms with Gasteiger partial charge in [-0.1, -0.05) is 13.5 Å². The van der Waals surface area contributed by atoms with Gasteiger partial charge in [-0.2, -0.15) is 4.79 Å². The van der Waals surface area contributed by atoms with E-state index < -0.39 is 29.4 Å². The quantitative estimate of drug-likeness (QED) is 0.289. The summed E-state index contributed by atoms with van der Waals surface area (Å²) in [4.78, 5) is 41.8. The van der Waals surface area contributed by atoms with Crippen molar-refractivity contribution in [3.05, 3.63) is 12.2 Å². The second kappa shape index (κ2) is 8.88. The van der Waals surface area contributed by atoms with Crippen molar-refractivity contribution < 1.29 is 33.9 Å². The van der Waals surface area contributed by atoms with Crippen molar-refractivity contribution in [2.24, 2.45) is 0 Å². The average molecular weight is 332 g/mol. The van der Waals surface area contributed by atoms with Crippen LogP contribution in [0, 0.1) is 0 Å². The van der Waals surface area contributed by atoms with E-state index in [1.165, 1.54) is 6.92 Å². The zero-order valence-electron chi connectivity index (χ0n) is 15.1. The minimum atomic E-state index is -1.11. The molecular formula is C16H28O7. The number of carbonyl (C=O) groups is 2. The first-order valence-electron chi connectivity index (χ1n) is 7.50. The van der Waals surface area contributed by atoms with Gasteiger partial charge >= 0.3 is 12.1 Å². The van der Waals surface area contributed by atoms with Crippen LogP contribution < -0.4 is 0 Å². The molecule has 0 saturated heterocycles. The highest BCUT2D eigenvalue weighted by Crippen LogP contribution is 2.23. The van der Waals surface area contributed by atoms with Crippen LogP contribution in [0.1, 0.15) is 61.3 Å². The van der Waals surface area contributed by atoms with Crippen molar-refractivity contribution in [1.29, 1.82) is 0 Å². The lowest BCUT2D eigenvalue weighted by molar-refractivity contribution is -0.403. The van der Waals surface area contributed by atoms with E-state index in [1.807, 2.05) is 34.6 Å². The van der Waals surface area contributed by atoms with Crippen LogP contribution in [-0.2, 0) is 29.1 Å². The predicted octanol–water partition coefficient (Wildman–Crippen LogP) is 3.87. The molecule has 0 radical (unpaired) electrons. The van der Waals surface area contributed by atoms with E-state index in [0.717, 1.165) is 6.42 Å². The number of carbonyl (C=O) groups excluding carboxylic acids is 2. The second-order valence-corrected chi connectivity index (χ2v) is 6.66. The van der Waals surface area contributed by atoms with E-state index in [2.05, 4.69) is 16.4 Å². The van der Waals surface area contributed by atoms with E-state index in [4.69, 9.17) is 14.5 Å². The summed E-state index contributed by atoms with van der Waals surface area (Å²) in [6, 6.07) is 0. The van der Waals surface area contributed by atoms with Gasteiger partial charge in [0, 0.05) is 12.0 Å². The molecule has 0 aliphatic rings. The van der Waals surface area contributed by atoms with Crippen LogP contribution in [0.4, 0.5) is 4.79 Å². The fourth-order valence-corrected chi connectivity index (χ4v) is 1.38. The van der Waals surface area contributed by atoms with E-state index >= 15 is 0 Å². The summed E-state index contributed by atoms with van der Waals surface area (Å²) >= 11 is 0. The molecule has 134 valence electrons. The van der Waals surface area contributed by atoms with Gasteiger partial charge in [0.1, 0.15) is 11.7 Å². The fourth-order valence-electron chi connectivity index (χ4n) is 1.38. The zero-order chi connectivity index (χ0) is 18.3. The molecule has 0 aromatic carbocycles. The maximum Gasteiger partial charge on any atom is 0.550 e. The Bertz CT molecular complexity index is 426. The van der Waals surface area contributed by atoms with E-state index in [1.54, 1.807) is 6.92 Å². The Morgan fingerprint density at radius 3 is 2.04 bits per heavy atom. The van der Waals surface area contributed by atoms with Crippen molar-refractivity contribution in [3.8, 4) is 0 Å². The molecule has 0 rings (SSSR count). The molecule has 0 bridgehead atoms. The van der Waals surface area contributed by atoms with E-state index in [-0.39, 0.29) is 5.57 Å². The first kappa shape index (κ1) is 21.4. The Kier molecular flexibility index (Phi) is 8.26. The fraction of sp³-hybridized carbons (Fsp3) is 0.750. The minimum Gasteiger partial charge on any atom is -0.429 e. The zero-order valence-corrected chi connectivity index (χ0v) is 15.1. The summed E-state index contributed by atoms with van der Waals surface area (Å²) in [6.45, 7) is 15.9. The second-order valence-electron chi connectivity index (χ2n) is 6.66. The lowest BCUT2D eigenvalue weighted by Gasteiger charge is -2.31. The van der Waals surface area contributed by atoms with Crippen LogP contribution >= 0.6 is 0 Å². The summed E-state index contributed by atoms with van der Waals surface area (Å²) in [5.74, 6) is -0.839. The monoisotopic (exact) mass is 332 g/mol. The van der Waals surface area contributed by atoms with Crippen LogP contribution in [-0.4, -0.2) is 29.4 Å². The Morgan fingerprint density at radius 1 is 1.04 bits per heavy atom. The van der Waals surface area contributed by atoms with Gasteiger partial charge in [-0.05, 0) is 48.0 Å². The molecule has 23 heavy (non-hydrogen) atoms. The smallest absolute Gasteiger partial charge is 0.429 e. The first-order valence-corrected chi connectivity index (χ1v) is 7.50. The summed E-state index contributed by atoms with van der Waals surface area (Å²) in [6.07, 6.45) is -0.502. The van der Waals surface area contributed by atoms with Crippen LogP contribution in [0.3, 0.4) is 0 Å². The van der Waals surface area contributed by atoms with Gasteiger partial charge in [0.05, 0.1) is 5.60 Å². The highest BCUT2D eigenvalue weighted by Gasteiger charge is 2.29. The molecule has 1 unspecified atom stereocenters. The standard InChI is InChI=1S/C16H28O7/c1-9-15(5,6)22-23-16(7,8)10-12(4)19-14(18)21-20-13(17)11(2)3/h12H,2,9-10H2,1,3-8H3. The van der Waals surface area contributed by atoms with Crippen LogP contribution in [0.5, 0.6) is 0 Å². The third kappa shape index (κ3) is 9.91. The molecular weight excluding hydrogens is 304 g/mol. The lowest BCUT2D eigenvalue weighted by atomic mass is 10.0. The van der Waals surface area contributed by atoms with E-state index in [0.29, 0.717) is 6.42 Å².